The van der Waals surface area contributed by atoms with E-state index in [4.69, 9.17) is 15.9 Å². The fourth-order valence-electron chi connectivity index (χ4n) is 1.65. The number of aliphatic hydroxyl groups excluding tert-OH is 2. The van der Waals surface area contributed by atoms with Crippen LogP contribution in [0.1, 0.15) is 5.56 Å². The van der Waals surface area contributed by atoms with Gasteiger partial charge in [-0.15, -0.1) is 0 Å². The minimum absolute atomic E-state index is 0.0865. The lowest BCUT2D eigenvalue weighted by Gasteiger charge is -2.05. The molecule has 0 saturated carbocycles. The van der Waals surface area contributed by atoms with Gasteiger partial charge in [-0.1, -0.05) is 0 Å². The number of rotatable bonds is 5. The van der Waals surface area contributed by atoms with E-state index in [-0.39, 0.29) is 19.0 Å². The summed E-state index contributed by atoms with van der Waals surface area (Å²) in [6.45, 7) is 1.62. The zero-order chi connectivity index (χ0) is 14.1. The van der Waals surface area contributed by atoms with Crippen LogP contribution in [0.15, 0.2) is 24.4 Å². The zero-order valence-corrected chi connectivity index (χ0v) is 10.7. The van der Waals surface area contributed by atoms with Gasteiger partial charge in [0.05, 0.1) is 18.7 Å². The Bertz CT molecular complexity index is 486. The molecular weight excluding hydrogens is 249 g/mol. The Balaban J connectivity index is 0.000000399. The number of hydrogen-bond acceptors (Lipinski definition) is 4. The average molecular weight is 269 g/mol. The van der Waals surface area contributed by atoms with Crippen LogP contribution in [0.2, 0.25) is 0 Å². The maximum absolute atomic E-state index is 13.2. The third-order valence-corrected chi connectivity index (χ3v) is 2.44. The van der Waals surface area contributed by atoms with Crippen molar-refractivity contribution in [2.24, 2.45) is 5.73 Å². The highest BCUT2D eigenvalue weighted by molar-refractivity contribution is 5.82. The molecule has 0 amide bonds. The first kappa shape index (κ1) is 15.6. The highest BCUT2D eigenvalue weighted by Crippen LogP contribution is 2.18. The van der Waals surface area contributed by atoms with Crippen molar-refractivity contribution >= 4 is 10.9 Å². The van der Waals surface area contributed by atoms with Gasteiger partial charge in [0.25, 0.3) is 0 Å². The molecule has 106 valence electrons. The summed E-state index contributed by atoms with van der Waals surface area (Å²) < 4.78 is 13.2. The quantitative estimate of drug-likeness (QED) is 0.505. The molecule has 6 heteroatoms. The topological polar surface area (TPSA) is 94.3 Å². The van der Waals surface area contributed by atoms with E-state index in [1.165, 1.54) is 12.1 Å². The van der Waals surface area contributed by atoms with Crippen molar-refractivity contribution in [1.29, 1.82) is 0 Å². The number of aliphatic hydroxyl groups is 2. The predicted octanol–water partition coefficient (Wildman–Crippen LogP) is 0.326. The number of H-pyrrole nitrogens is 1. The van der Waals surface area contributed by atoms with Gasteiger partial charge in [0.15, 0.2) is 0 Å². The molecule has 1 heterocycles. The van der Waals surface area contributed by atoms with E-state index in [2.05, 4.69) is 10.3 Å². The van der Waals surface area contributed by atoms with Crippen molar-refractivity contribution in [1.82, 2.24) is 10.3 Å². The molecule has 6 N–H and O–H groups in total. The van der Waals surface area contributed by atoms with Crippen LogP contribution in [0.25, 0.3) is 10.9 Å². The smallest absolute Gasteiger partial charge is 0.124 e. The van der Waals surface area contributed by atoms with Gasteiger partial charge in [-0.05, 0) is 23.8 Å². The van der Waals surface area contributed by atoms with E-state index in [0.29, 0.717) is 19.6 Å². The summed E-state index contributed by atoms with van der Waals surface area (Å²) in [5, 5.41) is 20.3. The molecular formula is C13H20FN3O2. The van der Waals surface area contributed by atoms with Gasteiger partial charge >= 0.3 is 0 Å². The summed E-state index contributed by atoms with van der Waals surface area (Å²) in [7, 11) is 0. The normalized spacial score (nSPS) is 10.3. The Hall–Kier alpha value is -1.47. The van der Waals surface area contributed by atoms with Gasteiger partial charge in [-0.2, -0.15) is 0 Å². The van der Waals surface area contributed by atoms with Crippen molar-refractivity contribution in [2.75, 3.05) is 26.3 Å². The van der Waals surface area contributed by atoms with E-state index in [1.807, 2.05) is 6.07 Å². The standard InChI is InChI=1S/C11H13FN2O.C2H7NO/c12-10-5-8-1-2-14-11(8)9(6-10)7-13-3-4-15;3-1-2-4/h1-2,5-6,13-15H,3-4,7H2;4H,1-3H2. The number of aromatic amines is 1. The molecule has 1 aromatic heterocycles. The minimum atomic E-state index is -0.233. The second-order valence-electron chi connectivity index (χ2n) is 3.92. The van der Waals surface area contributed by atoms with Crippen LogP contribution in [0, 0.1) is 5.82 Å². The molecule has 5 nitrogen and oxygen atoms in total. The monoisotopic (exact) mass is 269 g/mol. The molecule has 2 aromatic rings. The predicted molar refractivity (Wildman–Crippen MR) is 73.2 cm³/mol. The Morgan fingerprint density at radius 2 is 2.00 bits per heavy atom. The van der Waals surface area contributed by atoms with E-state index >= 15 is 0 Å². The molecule has 0 aliphatic carbocycles. The summed E-state index contributed by atoms with van der Waals surface area (Å²) >= 11 is 0. The molecule has 0 saturated heterocycles. The van der Waals surface area contributed by atoms with Gasteiger partial charge in [0.2, 0.25) is 0 Å². The fraction of sp³-hybridized carbons (Fsp3) is 0.385. The summed E-state index contributed by atoms with van der Waals surface area (Å²) in [6.07, 6.45) is 1.79. The lowest BCUT2D eigenvalue weighted by molar-refractivity contribution is 0.292. The first-order valence-electron chi connectivity index (χ1n) is 6.11. The molecule has 0 unspecified atom stereocenters. The third-order valence-electron chi connectivity index (χ3n) is 2.44. The molecule has 19 heavy (non-hydrogen) atoms. The SMILES string of the molecule is NCCO.OCCNCc1cc(F)cc2cc[nH]c12. The van der Waals surface area contributed by atoms with Crippen molar-refractivity contribution in [2.45, 2.75) is 6.54 Å². The maximum atomic E-state index is 13.2. The van der Waals surface area contributed by atoms with Crippen LogP contribution in [-0.2, 0) is 6.54 Å². The second kappa shape index (κ2) is 8.60. The molecule has 0 bridgehead atoms. The molecule has 0 spiro atoms. The number of benzene rings is 1. The number of hydrogen-bond donors (Lipinski definition) is 5. The summed E-state index contributed by atoms with van der Waals surface area (Å²) in [4.78, 5) is 3.07. The Labute approximate surface area is 111 Å². The molecule has 2 rings (SSSR count). The van der Waals surface area contributed by atoms with E-state index in [9.17, 15) is 4.39 Å². The van der Waals surface area contributed by atoms with Crippen LogP contribution in [0.4, 0.5) is 4.39 Å². The van der Waals surface area contributed by atoms with Crippen molar-refractivity contribution in [3.8, 4) is 0 Å². The maximum Gasteiger partial charge on any atom is 0.124 e. The van der Waals surface area contributed by atoms with Gasteiger partial charge < -0.3 is 26.2 Å². The van der Waals surface area contributed by atoms with E-state index in [1.54, 1.807) is 6.20 Å². The lowest BCUT2D eigenvalue weighted by atomic mass is 10.1. The van der Waals surface area contributed by atoms with Gasteiger partial charge in [0.1, 0.15) is 5.82 Å². The third kappa shape index (κ3) is 4.96. The Morgan fingerprint density at radius 3 is 2.63 bits per heavy atom. The van der Waals surface area contributed by atoms with Crippen LogP contribution < -0.4 is 11.1 Å². The first-order valence-corrected chi connectivity index (χ1v) is 6.11. The van der Waals surface area contributed by atoms with E-state index < -0.39 is 0 Å². The lowest BCUT2D eigenvalue weighted by Crippen LogP contribution is -2.17. The Morgan fingerprint density at radius 1 is 1.26 bits per heavy atom. The van der Waals surface area contributed by atoms with Gasteiger partial charge in [0, 0.05) is 31.2 Å². The van der Waals surface area contributed by atoms with Crippen molar-refractivity contribution < 1.29 is 14.6 Å². The molecule has 0 radical (unpaired) electrons. The van der Waals surface area contributed by atoms with E-state index in [0.717, 1.165) is 16.5 Å². The van der Waals surface area contributed by atoms with Gasteiger partial charge in [-0.3, -0.25) is 0 Å². The van der Waals surface area contributed by atoms with Crippen LogP contribution in [0.3, 0.4) is 0 Å². The molecule has 0 fully saturated rings. The fourth-order valence-corrected chi connectivity index (χ4v) is 1.65. The van der Waals surface area contributed by atoms with Crippen molar-refractivity contribution in [3.05, 3.63) is 35.8 Å². The van der Waals surface area contributed by atoms with Crippen LogP contribution in [-0.4, -0.2) is 41.5 Å². The van der Waals surface area contributed by atoms with Crippen LogP contribution in [0.5, 0.6) is 0 Å². The highest BCUT2D eigenvalue weighted by Gasteiger charge is 2.04. The largest absolute Gasteiger partial charge is 0.395 e. The number of aromatic nitrogens is 1. The average Bonchev–Trinajstić information content (AvgIpc) is 2.87. The van der Waals surface area contributed by atoms with Crippen molar-refractivity contribution in [3.63, 3.8) is 0 Å². The molecule has 0 aliphatic rings. The Kier molecular flexibility index (Phi) is 7.06. The highest BCUT2D eigenvalue weighted by atomic mass is 19.1. The summed E-state index contributed by atoms with van der Waals surface area (Å²) in [5.74, 6) is -0.233. The number of fused-ring (bicyclic) bond motifs is 1. The molecule has 1 aromatic carbocycles. The zero-order valence-electron chi connectivity index (χ0n) is 10.7. The first-order chi connectivity index (χ1) is 9.22. The summed E-state index contributed by atoms with van der Waals surface area (Å²) in [5.41, 5.74) is 6.60. The number of nitrogens with two attached hydrogens (primary N) is 1. The minimum Gasteiger partial charge on any atom is -0.395 e. The number of halogens is 1. The summed E-state index contributed by atoms with van der Waals surface area (Å²) in [6, 6.07) is 4.85. The number of nitrogens with one attached hydrogen (secondary N) is 2. The van der Waals surface area contributed by atoms with Crippen LogP contribution >= 0.6 is 0 Å². The second-order valence-corrected chi connectivity index (χ2v) is 3.92. The molecule has 0 atom stereocenters. The van der Waals surface area contributed by atoms with Gasteiger partial charge in [-0.25, -0.2) is 4.39 Å². The molecule has 0 aliphatic heterocycles.